The summed E-state index contributed by atoms with van der Waals surface area (Å²) in [5.41, 5.74) is 2.96. The molecular formula is C15H15NO2. The summed E-state index contributed by atoms with van der Waals surface area (Å²) < 4.78 is 0. The van der Waals surface area contributed by atoms with E-state index in [1.54, 1.807) is 12.1 Å². The van der Waals surface area contributed by atoms with Crippen LogP contribution in [0, 0.1) is 13.8 Å². The summed E-state index contributed by atoms with van der Waals surface area (Å²) in [5.74, 6) is -0.308. The van der Waals surface area contributed by atoms with Crippen LogP contribution < -0.4 is 5.32 Å². The molecule has 0 unspecified atom stereocenters. The van der Waals surface area contributed by atoms with Gasteiger partial charge in [0.2, 0.25) is 0 Å². The first-order chi connectivity index (χ1) is 8.58. The van der Waals surface area contributed by atoms with Crippen LogP contribution in [0.2, 0.25) is 0 Å². The number of anilines is 1. The number of carbonyl (C=O) groups is 1. The van der Waals surface area contributed by atoms with E-state index in [4.69, 9.17) is 0 Å². The summed E-state index contributed by atoms with van der Waals surface area (Å²) >= 11 is 0. The van der Waals surface area contributed by atoms with Crippen molar-refractivity contribution in [3.63, 3.8) is 0 Å². The summed E-state index contributed by atoms with van der Waals surface area (Å²) in [4.78, 5) is 12.1. The van der Waals surface area contributed by atoms with Gasteiger partial charge in [-0.1, -0.05) is 29.8 Å². The van der Waals surface area contributed by atoms with Gasteiger partial charge in [-0.05, 0) is 37.6 Å². The third-order valence-corrected chi connectivity index (χ3v) is 2.79. The molecule has 2 N–H and O–H groups in total. The van der Waals surface area contributed by atoms with Gasteiger partial charge in [-0.3, -0.25) is 4.79 Å². The van der Waals surface area contributed by atoms with Gasteiger partial charge in [-0.15, -0.1) is 0 Å². The number of aryl methyl sites for hydroxylation is 2. The molecule has 18 heavy (non-hydrogen) atoms. The Morgan fingerprint density at radius 3 is 2.56 bits per heavy atom. The van der Waals surface area contributed by atoms with Gasteiger partial charge in [0, 0.05) is 5.69 Å². The Morgan fingerprint density at radius 1 is 1.11 bits per heavy atom. The molecule has 0 bridgehead atoms. The fourth-order valence-corrected chi connectivity index (χ4v) is 1.73. The zero-order valence-electron chi connectivity index (χ0n) is 10.4. The van der Waals surface area contributed by atoms with Crippen LogP contribution in [-0.2, 0) is 0 Å². The molecular weight excluding hydrogens is 226 g/mol. The van der Waals surface area contributed by atoms with Gasteiger partial charge in [0.1, 0.15) is 5.75 Å². The highest BCUT2D eigenvalue weighted by molar-refractivity contribution is 6.06. The Bertz CT molecular complexity index is 591. The van der Waals surface area contributed by atoms with Crippen molar-refractivity contribution in [2.24, 2.45) is 0 Å². The first kappa shape index (κ1) is 12.2. The van der Waals surface area contributed by atoms with Gasteiger partial charge in [-0.25, -0.2) is 0 Å². The zero-order chi connectivity index (χ0) is 13.1. The molecule has 0 aliphatic heterocycles. The summed E-state index contributed by atoms with van der Waals surface area (Å²) in [6.45, 7) is 3.80. The molecule has 0 heterocycles. The number of carbonyl (C=O) groups excluding carboxylic acids is 1. The molecule has 0 aliphatic carbocycles. The average Bonchev–Trinajstić information content (AvgIpc) is 2.35. The van der Waals surface area contributed by atoms with Crippen molar-refractivity contribution in [2.45, 2.75) is 13.8 Å². The van der Waals surface area contributed by atoms with Crippen molar-refractivity contribution >= 4 is 11.6 Å². The van der Waals surface area contributed by atoms with E-state index < -0.39 is 0 Å². The summed E-state index contributed by atoms with van der Waals surface area (Å²) in [6, 6.07) is 12.5. The molecule has 2 aromatic rings. The van der Waals surface area contributed by atoms with Crippen LogP contribution in [0.3, 0.4) is 0 Å². The lowest BCUT2D eigenvalue weighted by Gasteiger charge is -2.09. The second-order valence-electron chi connectivity index (χ2n) is 4.29. The molecule has 92 valence electrons. The number of aromatic hydroxyl groups is 1. The molecule has 0 aromatic heterocycles. The highest BCUT2D eigenvalue weighted by Crippen LogP contribution is 2.21. The van der Waals surface area contributed by atoms with E-state index in [-0.39, 0.29) is 11.7 Å². The third-order valence-electron chi connectivity index (χ3n) is 2.79. The van der Waals surface area contributed by atoms with Gasteiger partial charge < -0.3 is 10.4 Å². The van der Waals surface area contributed by atoms with E-state index in [0.29, 0.717) is 5.56 Å². The molecule has 3 heteroatoms. The number of amides is 1. The number of hydrogen-bond donors (Lipinski definition) is 2. The predicted molar refractivity (Wildman–Crippen MR) is 72.0 cm³/mol. The van der Waals surface area contributed by atoms with Crippen molar-refractivity contribution in [1.29, 1.82) is 0 Å². The van der Waals surface area contributed by atoms with Crippen LogP contribution >= 0.6 is 0 Å². The van der Waals surface area contributed by atoms with E-state index >= 15 is 0 Å². The topological polar surface area (TPSA) is 49.3 Å². The van der Waals surface area contributed by atoms with Crippen LogP contribution in [0.5, 0.6) is 5.75 Å². The SMILES string of the molecule is Cc1ccc(O)c(C(=O)Nc2ccccc2C)c1. The molecule has 0 aliphatic rings. The molecule has 2 aromatic carbocycles. The molecule has 3 nitrogen and oxygen atoms in total. The van der Waals surface area contributed by atoms with Crippen LogP contribution in [0.15, 0.2) is 42.5 Å². The second kappa shape index (κ2) is 4.92. The predicted octanol–water partition coefficient (Wildman–Crippen LogP) is 3.26. The Hall–Kier alpha value is -2.29. The Labute approximate surface area is 106 Å². The standard InChI is InChI=1S/C15H15NO2/c1-10-7-8-14(17)12(9-10)15(18)16-13-6-4-3-5-11(13)2/h3-9,17H,1-2H3,(H,16,18). The number of nitrogens with one attached hydrogen (secondary N) is 1. The van der Waals surface area contributed by atoms with E-state index in [1.165, 1.54) is 6.07 Å². The van der Waals surface area contributed by atoms with E-state index in [0.717, 1.165) is 16.8 Å². The maximum atomic E-state index is 12.1. The molecule has 0 saturated carbocycles. The van der Waals surface area contributed by atoms with Gasteiger partial charge in [0.15, 0.2) is 0 Å². The molecule has 0 atom stereocenters. The van der Waals surface area contributed by atoms with Crippen molar-refractivity contribution in [3.8, 4) is 5.75 Å². The van der Waals surface area contributed by atoms with Crippen LogP contribution in [0.4, 0.5) is 5.69 Å². The lowest BCUT2D eigenvalue weighted by atomic mass is 10.1. The molecule has 0 saturated heterocycles. The number of phenols is 1. The maximum Gasteiger partial charge on any atom is 0.259 e. The Balaban J connectivity index is 2.28. The molecule has 0 fully saturated rings. The summed E-state index contributed by atoms with van der Waals surface area (Å²) in [5, 5.41) is 12.5. The van der Waals surface area contributed by atoms with Crippen molar-refractivity contribution in [1.82, 2.24) is 0 Å². The fourth-order valence-electron chi connectivity index (χ4n) is 1.73. The normalized spacial score (nSPS) is 10.1. The summed E-state index contributed by atoms with van der Waals surface area (Å²) in [7, 11) is 0. The van der Waals surface area contributed by atoms with Gasteiger partial charge in [0.25, 0.3) is 5.91 Å². The smallest absolute Gasteiger partial charge is 0.259 e. The van der Waals surface area contributed by atoms with E-state index in [9.17, 15) is 9.90 Å². The molecule has 0 spiro atoms. The molecule has 1 amide bonds. The highest BCUT2D eigenvalue weighted by Gasteiger charge is 2.12. The Kier molecular flexibility index (Phi) is 3.33. The number of benzene rings is 2. The van der Waals surface area contributed by atoms with E-state index in [2.05, 4.69) is 5.32 Å². The van der Waals surface area contributed by atoms with Crippen molar-refractivity contribution in [3.05, 3.63) is 59.2 Å². The first-order valence-corrected chi connectivity index (χ1v) is 5.74. The van der Waals surface area contributed by atoms with Crippen LogP contribution in [0.25, 0.3) is 0 Å². The minimum atomic E-state index is -0.300. The largest absolute Gasteiger partial charge is 0.507 e. The Morgan fingerprint density at radius 2 is 1.83 bits per heavy atom. The monoisotopic (exact) mass is 241 g/mol. The zero-order valence-corrected chi connectivity index (χ0v) is 10.4. The minimum Gasteiger partial charge on any atom is -0.507 e. The summed E-state index contributed by atoms with van der Waals surface area (Å²) in [6.07, 6.45) is 0. The van der Waals surface area contributed by atoms with Gasteiger partial charge >= 0.3 is 0 Å². The number of rotatable bonds is 2. The molecule has 2 rings (SSSR count). The lowest BCUT2D eigenvalue weighted by Crippen LogP contribution is -2.13. The molecule has 0 radical (unpaired) electrons. The highest BCUT2D eigenvalue weighted by atomic mass is 16.3. The van der Waals surface area contributed by atoms with Gasteiger partial charge in [-0.2, -0.15) is 0 Å². The first-order valence-electron chi connectivity index (χ1n) is 5.74. The van der Waals surface area contributed by atoms with Gasteiger partial charge in [0.05, 0.1) is 5.56 Å². The lowest BCUT2D eigenvalue weighted by molar-refractivity contribution is 0.102. The minimum absolute atomic E-state index is 0.00770. The number of hydrogen-bond acceptors (Lipinski definition) is 2. The van der Waals surface area contributed by atoms with E-state index in [1.807, 2.05) is 38.1 Å². The quantitative estimate of drug-likeness (QED) is 0.847. The fraction of sp³-hybridized carbons (Fsp3) is 0.133. The third kappa shape index (κ3) is 2.51. The maximum absolute atomic E-state index is 12.1. The van der Waals surface area contributed by atoms with Crippen molar-refractivity contribution in [2.75, 3.05) is 5.32 Å². The number of para-hydroxylation sites is 1. The van der Waals surface area contributed by atoms with Crippen molar-refractivity contribution < 1.29 is 9.90 Å². The average molecular weight is 241 g/mol. The van der Waals surface area contributed by atoms with Crippen LogP contribution in [-0.4, -0.2) is 11.0 Å². The number of phenolic OH excluding ortho intramolecular Hbond substituents is 1. The second-order valence-corrected chi connectivity index (χ2v) is 4.29. The van der Waals surface area contributed by atoms with Crippen LogP contribution in [0.1, 0.15) is 21.5 Å².